The lowest BCUT2D eigenvalue weighted by atomic mass is 9.34. The van der Waals surface area contributed by atoms with Gasteiger partial charge in [-0.15, -0.1) is 0 Å². The minimum Gasteiger partial charge on any atom is -0.481 e. The lowest BCUT2D eigenvalue weighted by Gasteiger charge is -2.70. The van der Waals surface area contributed by atoms with E-state index in [0.717, 1.165) is 50.0 Å². The van der Waals surface area contributed by atoms with Gasteiger partial charge in [0.25, 0.3) is 0 Å². The maximum Gasteiger partial charge on any atom is 0.306 e. The number of allylic oxidation sites excluding steroid dienone is 2. The molecule has 8 unspecified atom stereocenters. The standard InChI is InChI=1S/C31H44ClNO3/c1-27(2)14-19-18(20(15-27)26(35)36)8-10-31(7)24(19)21(32)12-23-29(5)13-17(16-33)25(34)28(3,4)22(29)9-11-30(23,31)6/h17-20,22-23H,8-15H2,1-7H3,(H,35,36)/t17?,18?,19?,20-,22?,23?,29?,30?,31?/m1/s1. The molecule has 0 amide bonds. The van der Waals surface area contributed by atoms with Crippen molar-refractivity contribution in [1.82, 2.24) is 0 Å². The molecule has 5 heteroatoms. The van der Waals surface area contributed by atoms with Crippen molar-refractivity contribution in [3.05, 3.63) is 10.6 Å². The first kappa shape index (κ1) is 26.3. The zero-order valence-electron chi connectivity index (χ0n) is 23.2. The summed E-state index contributed by atoms with van der Waals surface area (Å²) in [4.78, 5) is 25.6. The number of ketones is 1. The molecule has 0 aromatic carbocycles. The lowest BCUT2D eigenvalue weighted by Crippen LogP contribution is -2.65. The first-order valence-electron chi connectivity index (χ1n) is 14.1. The van der Waals surface area contributed by atoms with Gasteiger partial charge in [0.15, 0.2) is 5.78 Å². The third-order valence-electron chi connectivity index (χ3n) is 12.7. The number of carboxylic acid groups (broad SMARTS) is 1. The van der Waals surface area contributed by atoms with Crippen molar-refractivity contribution in [3.8, 4) is 6.07 Å². The highest BCUT2D eigenvalue weighted by atomic mass is 35.5. The average Bonchev–Trinajstić information content (AvgIpc) is 2.76. The minimum atomic E-state index is -0.650. The Bertz CT molecular complexity index is 1080. The van der Waals surface area contributed by atoms with Crippen LogP contribution in [0.5, 0.6) is 0 Å². The zero-order chi connectivity index (χ0) is 26.6. The van der Waals surface area contributed by atoms with Crippen molar-refractivity contribution in [2.24, 2.45) is 62.6 Å². The van der Waals surface area contributed by atoms with Crippen LogP contribution in [0.4, 0.5) is 0 Å². The molecule has 1 N–H and O–H groups in total. The zero-order valence-corrected chi connectivity index (χ0v) is 24.0. The number of aliphatic carboxylic acids is 1. The summed E-state index contributed by atoms with van der Waals surface area (Å²) in [6.07, 6.45) is 7.13. The second kappa shape index (κ2) is 7.84. The highest BCUT2D eigenvalue weighted by Gasteiger charge is 2.69. The molecule has 0 saturated heterocycles. The van der Waals surface area contributed by atoms with E-state index in [1.807, 2.05) is 0 Å². The number of carboxylic acids is 1. The van der Waals surface area contributed by atoms with E-state index in [4.69, 9.17) is 11.6 Å². The predicted octanol–water partition coefficient (Wildman–Crippen LogP) is 7.61. The number of carbonyl (C=O) groups is 2. The molecule has 0 bridgehead atoms. The Labute approximate surface area is 222 Å². The van der Waals surface area contributed by atoms with Crippen molar-refractivity contribution in [3.63, 3.8) is 0 Å². The molecule has 4 nitrogen and oxygen atoms in total. The lowest BCUT2D eigenvalue weighted by molar-refractivity contribution is -0.188. The van der Waals surface area contributed by atoms with E-state index < -0.39 is 17.3 Å². The van der Waals surface area contributed by atoms with Crippen molar-refractivity contribution >= 4 is 23.4 Å². The number of nitriles is 1. The molecule has 0 aromatic rings. The van der Waals surface area contributed by atoms with Crippen LogP contribution in [-0.4, -0.2) is 16.9 Å². The number of fused-ring (bicyclic) bond motifs is 7. The van der Waals surface area contributed by atoms with Crippen molar-refractivity contribution in [1.29, 1.82) is 5.26 Å². The van der Waals surface area contributed by atoms with Gasteiger partial charge in [-0.1, -0.05) is 60.1 Å². The van der Waals surface area contributed by atoms with Gasteiger partial charge in [0, 0.05) is 10.4 Å². The van der Waals surface area contributed by atoms with Gasteiger partial charge in [-0.25, -0.2) is 0 Å². The Morgan fingerprint density at radius 1 is 1.00 bits per heavy atom. The fourth-order valence-corrected chi connectivity index (χ4v) is 11.5. The topological polar surface area (TPSA) is 78.2 Å². The van der Waals surface area contributed by atoms with E-state index in [1.54, 1.807) is 0 Å². The summed E-state index contributed by atoms with van der Waals surface area (Å²) < 4.78 is 0. The number of hydrogen-bond donors (Lipinski definition) is 1. The van der Waals surface area contributed by atoms with Crippen LogP contribution >= 0.6 is 11.6 Å². The molecule has 0 aromatic heterocycles. The minimum absolute atomic E-state index is 0.00767. The first-order valence-corrected chi connectivity index (χ1v) is 14.5. The number of hydrogen-bond acceptors (Lipinski definition) is 3. The molecule has 5 aliphatic rings. The Balaban J connectivity index is 1.63. The summed E-state index contributed by atoms with van der Waals surface area (Å²) in [5.74, 6) is -0.456. The fourth-order valence-electron chi connectivity index (χ4n) is 11.0. The second-order valence-electron chi connectivity index (χ2n) is 15.2. The average molecular weight is 514 g/mol. The number of nitrogens with zero attached hydrogens (tertiary/aromatic N) is 1. The molecule has 0 heterocycles. The normalized spacial score (nSPS) is 49.1. The third-order valence-corrected chi connectivity index (χ3v) is 13.1. The molecule has 4 saturated carbocycles. The maximum atomic E-state index is 13.3. The molecule has 5 aliphatic carbocycles. The van der Waals surface area contributed by atoms with Crippen LogP contribution in [0.25, 0.3) is 0 Å². The molecule has 0 radical (unpaired) electrons. The summed E-state index contributed by atoms with van der Waals surface area (Å²) >= 11 is 7.37. The predicted molar refractivity (Wildman–Crippen MR) is 141 cm³/mol. The number of halogens is 1. The number of carbonyl (C=O) groups excluding carboxylic acids is 1. The van der Waals surface area contributed by atoms with E-state index >= 15 is 0 Å². The quantitative estimate of drug-likeness (QED) is 0.391. The summed E-state index contributed by atoms with van der Waals surface area (Å²) in [5, 5.41) is 21.1. The fraction of sp³-hybridized carbons (Fsp3) is 0.839. The van der Waals surface area contributed by atoms with Crippen LogP contribution in [0.2, 0.25) is 0 Å². The summed E-state index contributed by atoms with van der Waals surface area (Å²) in [6, 6.07) is 2.36. The van der Waals surface area contributed by atoms with Gasteiger partial charge in [-0.3, -0.25) is 9.59 Å². The number of rotatable bonds is 1. The highest BCUT2D eigenvalue weighted by molar-refractivity contribution is 6.30. The van der Waals surface area contributed by atoms with Gasteiger partial charge in [-0.2, -0.15) is 5.26 Å². The molecule has 0 aliphatic heterocycles. The molecule has 36 heavy (non-hydrogen) atoms. The Hall–Kier alpha value is -1.34. The molecule has 5 rings (SSSR count). The summed E-state index contributed by atoms with van der Waals surface area (Å²) in [7, 11) is 0. The third kappa shape index (κ3) is 3.23. The Morgan fingerprint density at radius 3 is 2.28 bits per heavy atom. The van der Waals surface area contributed by atoms with Crippen LogP contribution in [0.1, 0.15) is 99.8 Å². The van der Waals surface area contributed by atoms with E-state index in [1.165, 1.54) is 5.57 Å². The van der Waals surface area contributed by atoms with Gasteiger partial charge in [0.1, 0.15) is 5.92 Å². The van der Waals surface area contributed by atoms with Crippen molar-refractivity contribution in [2.45, 2.75) is 99.8 Å². The Kier molecular flexibility index (Phi) is 5.72. The van der Waals surface area contributed by atoms with Gasteiger partial charge in [0.2, 0.25) is 0 Å². The highest BCUT2D eigenvalue weighted by Crippen LogP contribution is 2.76. The van der Waals surface area contributed by atoms with Crippen LogP contribution in [0.15, 0.2) is 10.6 Å². The largest absolute Gasteiger partial charge is 0.481 e. The van der Waals surface area contributed by atoms with Gasteiger partial charge < -0.3 is 5.11 Å². The maximum absolute atomic E-state index is 13.3. The van der Waals surface area contributed by atoms with E-state index in [0.29, 0.717) is 12.3 Å². The van der Waals surface area contributed by atoms with Crippen molar-refractivity contribution in [2.75, 3.05) is 0 Å². The van der Waals surface area contributed by atoms with Crippen LogP contribution in [0.3, 0.4) is 0 Å². The van der Waals surface area contributed by atoms with Crippen LogP contribution in [0, 0.1) is 73.9 Å². The van der Waals surface area contributed by atoms with Gasteiger partial charge in [0.05, 0.1) is 12.0 Å². The van der Waals surface area contributed by atoms with Crippen molar-refractivity contribution < 1.29 is 14.7 Å². The van der Waals surface area contributed by atoms with Gasteiger partial charge in [-0.05, 0) is 102 Å². The first-order chi connectivity index (χ1) is 16.5. The molecular weight excluding hydrogens is 470 g/mol. The van der Waals surface area contributed by atoms with Crippen LogP contribution in [-0.2, 0) is 9.59 Å². The van der Waals surface area contributed by atoms with Gasteiger partial charge >= 0.3 is 5.97 Å². The smallest absolute Gasteiger partial charge is 0.306 e. The number of Topliss-reactive ketones (excluding diaryl/α,β-unsaturated/α-hetero) is 1. The van der Waals surface area contributed by atoms with Crippen LogP contribution < -0.4 is 0 Å². The molecular formula is C31H44ClNO3. The Morgan fingerprint density at radius 2 is 1.67 bits per heavy atom. The molecule has 198 valence electrons. The van der Waals surface area contributed by atoms with E-state index in [2.05, 4.69) is 54.5 Å². The summed E-state index contributed by atoms with van der Waals surface area (Å²) in [6.45, 7) is 15.8. The van der Waals surface area contributed by atoms with E-state index in [-0.39, 0.29) is 51.1 Å². The molecule has 0 spiro atoms. The SMILES string of the molecule is CC1(C)CC2C3=C(Cl)CC4C5(C)CC(C#N)C(=O)C(C)(C)C5CCC4(C)C3(C)CCC2[C@H](C(=O)O)C1. The monoisotopic (exact) mass is 513 g/mol. The molecule has 4 fully saturated rings. The summed E-state index contributed by atoms with van der Waals surface area (Å²) in [5.41, 5.74) is 0.614. The molecule has 9 atom stereocenters. The van der Waals surface area contributed by atoms with E-state index in [9.17, 15) is 20.0 Å². The second-order valence-corrected chi connectivity index (χ2v) is 15.7.